The lowest BCUT2D eigenvalue weighted by Gasteiger charge is -2.47. The summed E-state index contributed by atoms with van der Waals surface area (Å²) in [6, 6.07) is 7.69. The lowest BCUT2D eigenvalue weighted by Crippen LogP contribution is -2.63. The molecule has 1 fully saturated rings. The molecule has 0 saturated carbocycles. The van der Waals surface area contributed by atoms with Crippen LogP contribution in [0.1, 0.15) is 38.7 Å². The van der Waals surface area contributed by atoms with E-state index in [1.165, 1.54) is 0 Å². The molecule has 0 spiro atoms. The maximum atomic E-state index is 12.8. The van der Waals surface area contributed by atoms with Crippen LogP contribution in [0.2, 0.25) is 0 Å². The molecule has 5 nitrogen and oxygen atoms in total. The molecule has 2 amide bonds. The average Bonchev–Trinajstić information content (AvgIpc) is 2.47. The number of piperidine rings is 1. The van der Waals surface area contributed by atoms with E-state index in [4.69, 9.17) is 4.74 Å². The number of benzene rings is 1. The Kier molecular flexibility index (Phi) is 3.59. The van der Waals surface area contributed by atoms with Crippen LogP contribution < -0.4 is 10.1 Å². The van der Waals surface area contributed by atoms with Crippen molar-refractivity contribution in [1.82, 2.24) is 10.2 Å². The lowest BCUT2D eigenvalue weighted by molar-refractivity contribution is -0.152. The van der Waals surface area contributed by atoms with Gasteiger partial charge in [0.1, 0.15) is 11.7 Å². The summed E-state index contributed by atoms with van der Waals surface area (Å²) in [5.41, 5.74) is 0.233. The molecule has 5 heteroatoms. The predicted octanol–water partition coefficient (Wildman–Crippen LogP) is 1.88. The van der Waals surface area contributed by atoms with Crippen molar-refractivity contribution in [1.29, 1.82) is 0 Å². The van der Waals surface area contributed by atoms with Gasteiger partial charge in [-0.15, -0.1) is 0 Å². The molecule has 3 atom stereocenters. The molecule has 2 aliphatic rings. The number of ether oxygens (including phenoxy) is 1. The first kappa shape index (κ1) is 14.9. The number of fused-ring (bicyclic) bond motifs is 4. The van der Waals surface area contributed by atoms with Gasteiger partial charge in [-0.2, -0.15) is 0 Å². The minimum atomic E-state index is -0.726. The van der Waals surface area contributed by atoms with Gasteiger partial charge in [-0.1, -0.05) is 18.2 Å². The van der Waals surface area contributed by atoms with E-state index < -0.39 is 11.6 Å². The van der Waals surface area contributed by atoms with Gasteiger partial charge in [0.15, 0.2) is 5.72 Å². The minimum absolute atomic E-state index is 0.0914. The largest absolute Gasteiger partial charge is 0.468 e. The fraction of sp³-hybridized carbons (Fsp3) is 0.529. The Balaban J connectivity index is 2.03. The quantitative estimate of drug-likeness (QED) is 0.867. The first-order chi connectivity index (χ1) is 10.5. The van der Waals surface area contributed by atoms with Gasteiger partial charge in [0, 0.05) is 25.4 Å². The molecule has 2 bridgehead atoms. The van der Waals surface area contributed by atoms with Gasteiger partial charge in [-0.25, -0.2) is 0 Å². The highest BCUT2D eigenvalue weighted by molar-refractivity contribution is 6.02. The fourth-order valence-corrected chi connectivity index (χ4v) is 3.61. The number of amides is 2. The van der Waals surface area contributed by atoms with Gasteiger partial charge in [0.05, 0.1) is 0 Å². The van der Waals surface area contributed by atoms with E-state index in [1.807, 2.05) is 45.0 Å². The van der Waals surface area contributed by atoms with Crippen LogP contribution in [0.3, 0.4) is 0 Å². The summed E-state index contributed by atoms with van der Waals surface area (Å²) < 4.78 is 5.95. The van der Waals surface area contributed by atoms with E-state index in [-0.39, 0.29) is 17.7 Å². The van der Waals surface area contributed by atoms with E-state index >= 15 is 0 Å². The molecule has 0 radical (unpaired) electrons. The zero-order chi connectivity index (χ0) is 15.9. The molecule has 22 heavy (non-hydrogen) atoms. The third-order valence-corrected chi connectivity index (χ3v) is 4.68. The van der Waals surface area contributed by atoms with Gasteiger partial charge in [0.25, 0.3) is 0 Å². The predicted molar refractivity (Wildman–Crippen MR) is 82.4 cm³/mol. The molecule has 1 aromatic carbocycles. The zero-order valence-electron chi connectivity index (χ0n) is 13.3. The van der Waals surface area contributed by atoms with Crippen LogP contribution in [-0.4, -0.2) is 35.5 Å². The first-order valence-corrected chi connectivity index (χ1v) is 7.88. The Bertz CT molecular complexity index is 612. The van der Waals surface area contributed by atoms with Crippen LogP contribution in [0.25, 0.3) is 0 Å². The third-order valence-electron chi connectivity index (χ3n) is 4.68. The topological polar surface area (TPSA) is 58.6 Å². The fourth-order valence-electron chi connectivity index (χ4n) is 3.61. The Hall–Kier alpha value is -2.04. The minimum Gasteiger partial charge on any atom is -0.468 e. The maximum absolute atomic E-state index is 12.8. The van der Waals surface area contributed by atoms with E-state index in [2.05, 4.69) is 5.32 Å². The number of carbonyl (C=O) groups excluding carboxylic acids is 2. The molecule has 1 saturated heterocycles. The smallest absolute Gasteiger partial charge is 0.236 e. The standard InChI is InChI=1S/C17H22N2O3/c1-4-19(5-2)16(21)14-12-10-17(3,18-15(14)20)22-13-9-7-6-8-11(12)13/h6-9,12,14H,4-5,10H2,1-3H3,(H,18,20). The van der Waals surface area contributed by atoms with Gasteiger partial charge in [-0.05, 0) is 32.4 Å². The van der Waals surface area contributed by atoms with E-state index in [1.54, 1.807) is 4.90 Å². The van der Waals surface area contributed by atoms with Crippen molar-refractivity contribution in [3.05, 3.63) is 29.8 Å². The number of hydrogen-bond acceptors (Lipinski definition) is 3. The van der Waals surface area contributed by atoms with Crippen molar-refractivity contribution in [3.63, 3.8) is 0 Å². The number of hydrogen-bond donors (Lipinski definition) is 1. The van der Waals surface area contributed by atoms with Crippen LogP contribution in [0.15, 0.2) is 24.3 Å². The normalized spacial score (nSPS) is 29.1. The van der Waals surface area contributed by atoms with Crippen LogP contribution in [0, 0.1) is 5.92 Å². The summed E-state index contributed by atoms with van der Waals surface area (Å²) in [6.07, 6.45) is 0.618. The average molecular weight is 302 g/mol. The van der Waals surface area contributed by atoms with Crippen molar-refractivity contribution < 1.29 is 14.3 Å². The molecule has 0 aliphatic carbocycles. The first-order valence-electron chi connectivity index (χ1n) is 7.88. The second-order valence-corrected chi connectivity index (χ2v) is 6.16. The summed E-state index contributed by atoms with van der Waals surface area (Å²) in [7, 11) is 0. The Morgan fingerprint density at radius 1 is 1.36 bits per heavy atom. The van der Waals surface area contributed by atoms with Crippen molar-refractivity contribution in [2.75, 3.05) is 13.1 Å². The number of carbonyl (C=O) groups is 2. The molecule has 2 aliphatic heterocycles. The molecule has 118 valence electrons. The molecular formula is C17H22N2O3. The maximum Gasteiger partial charge on any atom is 0.236 e. The highest BCUT2D eigenvalue weighted by Crippen LogP contribution is 2.46. The molecule has 0 aromatic heterocycles. The molecule has 2 heterocycles. The summed E-state index contributed by atoms with van der Waals surface area (Å²) >= 11 is 0. The SMILES string of the molecule is CCN(CC)C(=O)C1C(=O)NC2(C)CC1c1ccccc1O2. The van der Waals surface area contributed by atoms with Gasteiger partial charge < -0.3 is 15.0 Å². The Morgan fingerprint density at radius 2 is 2.05 bits per heavy atom. The van der Waals surface area contributed by atoms with Crippen LogP contribution >= 0.6 is 0 Å². The van der Waals surface area contributed by atoms with Gasteiger partial charge in [0.2, 0.25) is 11.8 Å². The second kappa shape index (κ2) is 5.30. The molecule has 3 unspecified atom stereocenters. The molecule has 1 aromatic rings. The Morgan fingerprint density at radius 3 is 2.73 bits per heavy atom. The summed E-state index contributed by atoms with van der Waals surface area (Å²) in [5.74, 6) is -0.357. The number of rotatable bonds is 3. The number of para-hydroxylation sites is 1. The number of nitrogens with one attached hydrogen (secondary N) is 1. The zero-order valence-corrected chi connectivity index (χ0v) is 13.3. The molecular weight excluding hydrogens is 280 g/mol. The van der Waals surface area contributed by atoms with E-state index in [9.17, 15) is 9.59 Å². The summed E-state index contributed by atoms with van der Waals surface area (Å²) in [6.45, 7) is 6.96. The van der Waals surface area contributed by atoms with Gasteiger partial charge in [-0.3, -0.25) is 9.59 Å². The molecule has 1 N–H and O–H groups in total. The van der Waals surface area contributed by atoms with Crippen molar-refractivity contribution in [2.24, 2.45) is 5.92 Å². The molecule has 3 rings (SSSR count). The van der Waals surface area contributed by atoms with Crippen molar-refractivity contribution >= 4 is 11.8 Å². The van der Waals surface area contributed by atoms with E-state index in [0.717, 1.165) is 11.3 Å². The lowest BCUT2D eigenvalue weighted by atomic mass is 9.74. The van der Waals surface area contributed by atoms with Crippen LogP contribution in [-0.2, 0) is 9.59 Å². The third kappa shape index (κ3) is 2.25. The van der Waals surface area contributed by atoms with Crippen molar-refractivity contribution in [3.8, 4) is 5.75 Å². The highest BCUT2D eigenvalue weighted by atomic mass is 16.5. The van der Waals surface area contributed by atoms with E-state index in [0.29, 0.717) is 19.5 Å². The number of nitrogens with zero attached hydrogens (tertiary/aromatic N) is 1. The van der Waals surface area contributed by atoms with Crippen LogP contribution in [0.4, 0.5) is 0 Å². The van der Waals surface area contributed by atoms with Gasteiger partial charge >= 0.3 is 0 Å². The Labute approximate surface area is 130 Å². The monoisotopic (exact) mass is 302 g/mol. The highest BCUT2D eigenvalue weighted by Gasteiger charge is 2.52. The second-order valence-electron chi connectivity index (χ2n) is 6.16. The summed E-state index contributed by atoms with van der Waals surface area (Å²) in [5, 5.41) is 2.89. The summed E-state index contributed by atoms with van der Waals surface area (Å²) in [4.78, 5) is 27.1. The van der Waals surface area contributed by atoms with Crippen molar-refractivity contribution in [2.45, 2.75) is 38.8 Å². The van der Waals surface area contributed by atoms with Crippen LogP contribution in [0.5, 0.6) is 5.75 Å².